The number of amides is 1. The van der Waals surface area contributed by atoms with Crippen molar-refractivity contribution in [3.05, 3.63) is 93.0 Å². The molecule has 0 aliphatic carbocycles. The first-order chi connectivity index (χ1) is 14.5. The third-order valence-electron chi connectivity index (χ3n) is 4.30. The number of aromatic nitrogens is 5. The van der Waals surface area contributed by atoms with Crippen molar-refractivity contribution in [1.82, 2.24) is 29.8 Å². The van der Waals surface area contributed by atoms with Gasteiger partial charge in [0, 0.05) is 13.6 Å². The zero-order valence-corrected chi connectivity index (χ0v) is 15.8. The minimum atomic E-state index is -0.704. The lowest BCUT2D eigenvalue weighted by molar-refractivity contribution is 0.0907. The number of benzene rings is 2. The van der Waals surface area contributed by atoms with E-state index in [-0.39, 0.29) is 24.0 Å². The summed E-state index contributed by atoms with van der Waals surface area (Å²) in [6, 6.07) is 17.9. The van der Waals surface area contributed by atoms with Gasteiger partial charge in [-0.15, -0.1) is 0 Å². The lowest BCUT2D eigenvalue weighted by atomic mass is 10.2. The van der Waals surface area contributed by atoms with Crippen LogP contribution in [0.15, 0.2) is 74.8 Å². The Kier molecular flexibility index (Phi) is 5.04. The van der Waals surface area contributed by atoms with E-state index in [9.17, 15) is 14.4 Å². The standard InChI is InChI=1S/C20H16N6O4/c1-25-19(28)15(23-26(20(25)29)14-10-6-3-7-11-14)16-22-18(30-24-16)17(27)21-12-13-8-4-2-5-9-13/h2-11H,12H2,1H3,(H,21,27). The highest BCUT2D eigenvalue weighted by Gasteiger charge is 2.21. The van der Waals surface area contributed by atoms with Crippen molar-refractivity contribution in [3.63, 3.8) is 0 Å². The van der Waals surface area contributed by atoms with E-state index in [1.165, 1.54) is 7.05 Å². The van der Waals surface area contributed by atoms with Gasteiger partial charge in [-0.25, -0.2) is 4.79 Å². The number of hydrogen-bond donors (Lipinski definition) is 1. The summed E-state index contributed by atoms with van der Waals surface area (Å²) in [5, 5.41) is 10.4. The van der Waals surface area contributed by atoms with Crippen LogP contribution in [0.4, 0.5) is 0 Å². The molecule has 0 unspecified atom stereocenters. The lowest BCUT2D eigenvalue weighted by Gasteiger charge is -2.07. The van der Waals surface area contributed by atoms with E-state index in [2.05, 4.69) is 20.6 Å². The fourth-order valence-corrected chi connectivity index (χ4v) is 2.72. The number of carbonyl (C=O) groups excluding carboxylic acids is 1. The topological polar surface area (TPSA) is 125 Å². The molecule has 0 fully saturated rings. The van der Waals surface area contributed by atoms with Crippen molar-refractivity contribution in [1.29, 1.82) is 0 Å². The van der Waals surface area contributed by atoms with E-state index in [1.54, 1.807) is 30.3 Å². The maximum absolute atomic E-state index is 12.5. The van der Waals surface area contributed by atoms with Gasteiger partial charge in [0.1, 0.15) is 0 Å². The molecule has 150 valence electrons. The fourth-order valence-electron chi connectivity index (χ4n) is 2.72. The Labute approximate surface area is 169 Å². The Morgan fingerprint density at radius 2 is 1.70 bits per heavy atom. The Morgan fingerprint density at radius 1 is 1.03 bits per heavy atom. The first-order valence-electron chi connectivity index (χ1n) is 8.96. The number of nitrogens with one attached hydrogen (secondary N) is 1. The second kappa shape index (κ2) is 7.95. The van der Waals surface area contributed by atoms with Gasteiger partial charge in [0.15, 0.2) is 5.69 Å². The van der Waals surface area contributed by atoms with Crippen LogP contribution in [0.2, 0.25) is 0 Å². The number of nitrogens with zero attached hydrogens (tertiary/aromatic N) is 5. The summed E-state index contributed by atoms with van der Waals surface area (Å²) < 4.78 is 6.94. The van der Waals surface area contributed by atoms with Crippen molar-refractivity contribution in [2.45, 2.75) is 6.54 Å². The second-order valence-corrected chi connectivity index (χ2v) is 6.33. The van der Waals surface area contributed by atoms with Gasteiger partial charge in [-0.1, -0.05) is 53.7 Å². The number of rotatable bonds is 5. The van der Waals surface area contributed by atoms with Crippen molar-refractivity contribution >= 4 is 5.91 Å². The molecule has 1 amide bonds. The largest absolute Gasteiger partial charge is 0.351 e. The van der Waals surface area contributed by atoms with Crippen LogP contribution in [-0.2, 0) is 13.6 Å². The summed E-state index contributed by atoms with van der Waals surface area (Å²) in [5.41, 5.74) is -0.185. The average Bonchev–Trinajstić information content (AvgIpc) is 3.27. The van der Waals surface area contributed by atoms with E-state index in [1.807, 2.05) is 30.3 Å². The maximum Gasteiger partial charge on any atom is 0.351 e. The highest BCUT2D eigenvalue weighted by molar-refractivity contribution is 5.89. The molecule has 2 heterocycles. The molecular formula is C20H16N6O4. The SMILES string of the molecule is Cn1c(=O)c(-c2noc(C(=O)NCc3ccccc3)n2)nn(-c2ccccc2)c1=O. The molecule has 0 spiro atoms. The summed E-state index contributed by atoms with van der Waals surface area (Å²) in [6.07, 6.45) is 0. The predicted octanol–water partition coefficient (Wildman–Crippen LogP) is 0.911. The number of para-hydroxylation sites is 1. The molecule has 0 aliphatic heterocycles. The lowest BCUT2D eigenvalue weighted by Crippen LogP contribution is -2.40. The molecule has 4 aromatic rings. The minimum Gasteiger partial charge on any atom is -0.344 e. The van der Waals surface area contributed by atoms with Crippen molar-refractivity contribution in [2.24, 2.45) is 7.05 Å². The van der Waals surface area contributed by atoms with Gasteiger partial charge in [-0.05, 0) is 17.7 Å². The van der Waals surface area contributed by atoms with E-state index >= 15 is 0 Å². The Balaban J connectivity index is 1.64. The summed E-state index contributed by atoms with van der Waals surface area (Å²) >= 11 is 0. The molecule has 4 rings (SSSR count). The van der Waals surface area contributed by atoms with Crippen LogP contribution in [-0.4, -0.2) is 30.4 Å². The summed E-state index contributed by atoms with van der Waals surface area (Å²) in [6.45, 7) is 0.274. The van der Waals surface area contributed by atoms with Gasteiger partial charge in [0.05, 0.1) is 5.69 Å². The zero-order chi connectivity index (χ0) is 21.1. The Morgan fingerprint density at radius 3 is 2.40 bits per heavy atom. The minimum absolute atomic E-state index is 0.190. The molecule has 0 saturated heterocycles. The molecule has 0 atom stereocenters. The number of carbonyl (C=O) groups is 1. The second-order valence-electron chi connectivity index (χ2n) is 6.33. The summed E-state index contributed by atoms with van der Waals surface area (Å²) in [7, 11) is 1.32. The van der Waals surface area contributed by atoms with Crippen molar-refractivity contribution in [3.8, 4) is 17.2 Å². The molecule has 10 heteroatoms. The molecule has 1 N–H and O–H groups in total. The van der Waals surface area contributed by atoms with Crippen LogP contribution in [0.3, 0.4) is 0 Å². The number of hydrogen-bond acceptors (Lipinski definition) is 7. The van der Waals surface area contributed by atoms with Crippen molar-refractivity contribution < 1.29 is 9.32 Å². The molecular weight excluding hydrogens is 388 g/mol. The van der Waals surface area contributed by atoms with Gasteiger partial charge in [-0.2, -0.15) is 14.8 Å². The quantitative estimate of drug-likeness (QED) is 0.524. The predicted molar refractivity (Wildman–Crippen MR) is 106 cm³/mol. The van der Waals surface area contributed by atoms with Crippen LogP contribution in [0, 0.1) is 0 Å². The van der Waals surface area contributed by atoms with Crippen LogP contribution >= 0.6 is 0 Å². The van der Waals surface area contributed by atoms with E-state index < -0.39 is 17.2 Å². The normalized spacial score (nSPS) is 10.7. The summed E-state index contributed by atoms with van der Waals surface area (Å²) in [4.78, 5) is 41.2. The van der Waals surface area contributed by atoms with Crippen LogP contribution in [0.1, 0.15) is 16.2 Å². The third-order valence-corrected chi connectivity index (χ3v) is 4.30. The fraction of sp³-hybridized carbons (Fsp3) is 0.100. The monoisotopic (exact) mass is 404 g/mol. The zero-order valence-electron chi connectivity index (χ0n) is 15.8. The van der Waals surface area contributed by atoms with E-state index in [4.69, 9.17) is 4.52 Å². The molecule has 2 aromatic carbocycles. The molecule has 0 saturated carbocycles. The molecule has 0 aliphatic rings. The molecule has 30 heavy (non-hydrogen) atoms. The summed E-state index contributed by atoms with van der Waals surface area (Å²) in [5.74, 6) is -1.10. The van der Waals surface area contributed by atoms with Gasteiger partial charge < -0.3 is 9.84 Å². The molecule has 0 bridgehead atoms. The smallest absolute Gasteiger partial charge is 0.344 e. The van der Waals surface area contributed by atoms with Crippen molar-refractivity contribution in [2.75, 3.05) is 0 Å². The molecule has 2 aromatic heterocycles. The average molecular weight is 404 g/mol. The maximum atomic E-state index is 12.5. The first kappa shape index (κ1) is 19.0. The van der Waals surface area contributed by atoms with Gasteiger partial charge in [0.25, 0.3) is 5.56 Å². The Hall–Kier alpha value is -4.34. The highest BCUT2D eigenvalue weighted by Crippen LogP contribution is 2.10. The van der Waals surface area contributed by atoms with Gasteiger partial charge in [-0.3, -0.25) is 14.2 Å². The van der Waals surface area contributed by atoms with Crippen LogP contribution in [0.5, 0.6) is 0 Å². The van der Waals surface area contributed by atoms with E-state index in [0.717, 1.165) is 14.8 Å². The van der Waals surface area contributed by atoms with E-state index in [0.29, 0.717) is 5.69 Å². The third kappa shape index (κ3) is 3.65. The Bertz CT molecular complexity index is 1310. The van der Waals surface area contributed by atoms with Gasteiger partial charge in [0.2, 0.25) is 5.82 Å². The van der Waals surface area contributed by atoms with Crippen LogP contribution in [0.25, 0.3) is 17.2 Å². The van der Waals surface area contributed by atoms with Crippen LogP contribution < -0.4 is 16.6 Å². The first-order valence-corrected chi connectivity index (χ1v) is 8.96. The highest BCUT2D eigenvalue weighted by atomic mass is 16.5. The van der Waals surface area contributed by atoms with Gasteiger partial charge >= 0.3 is 17.5 Å². The molecule has 10 nitrogen and oxygen atoms in total. The molecule has 0 radical (unpaired) electrons.